The predicted octanol–water partition coefficient (Wildman–Crippen LogP) is 3.96. The van der Waals surface area contributed by atoms with Crippen molar-refractivity contribution in [3.8, 4) is 0 Å². The molecule has 0 aliphatic heterocycles. The molecule has 0 aromatic heterocycles. The molecule has 1 unspecified atom stereocenters. The molecular formula is C14H18ClFO2. The second-order valence-electron chi connectivity index (χ2n) is 4.70. The molecule has 1 aromatic rings. The van der Waals surface area contributed by atoms with E-state index in [4.69, 9.17) is 16.3 Å². The van der Waals surface area contributed by atoms with Gasteiger partial charge in [-0.1, -0.05) is 31.5 Å². The first-order valence-electron chi connectivity index (χ1n) is 5.96. The van der Waals surface area contributed by atoms with Crippen LogP contribution in [0.15, 0.2) is 18.2 Å². The fourth-order valence-electron chi connectivity index (χ4n) is 1.85. The number of esters is 1. The Bertz CT molecular complexity index is 445. The standard InChI is InChI=1S/C14H18ClFO2/c1-5-18-13(17)14(4,9(2)3)11-7-6-10(15)8-12(11)16/h6-9H,5H2,1-4H3. The number of hydrogen-bond acceptors (Lipinski definition) is 2. The highest BCUT2D eigenvalue weighted by Crippen LogP contribution is 2.35. The van der Waals surface area contributed by atoms with Gasteiger partial charge in [0.1, 0.15) is 5.82 Å². The van der Waals surface area contributed by atoms with Crippen molar-refractivity contribution in [1.82, 2.24) is 0 Å². The molecule has 0 radical (unpaired) electrons. The third kappa shape index (κ3) is 2.66. The molecule has 0 aliphatic carbocycles. The van der Waals surface area contributed by atoms with E-state index >= 15 is 0 Å². The van der Waals surface area contributed by atoms with Gasteiger partial charge in [-0.25, -0.2) is 4.39 Å². The van der Waals surface area contributed by atoms with Gasteiger partial charge in [0.25, 0.3) is 0 Å². The molecule has 2 nitrogen and oxygen atoms in total. The molecule has 0 bridgehead atoms. The number of benzene rings is 1. The Hall–Kier alpha value is -1.09. The molecule has 0 amide bonds. The van der Waals surface area contributed by atoms with Gasteiger partial charge in [0.05, 0.1) is 12.0 Å². The van der Waals surface area contributed by atoms with Gasteiger partial charge in [0, 0.05) is 10.6 Å². The van der Waals surface area contributed by atoms with Crippen LogP contribution >= 0.6 is 11.6 Å². The van der Waals surface area contributed by atoms with Gasteiger partial charge >= 0.3 is 5.97 Å². The summed E-state index contributed by atoms with van der Waals surface area (Å²) in [6.07, 6.45) is 0. The third-order valence-corrected chi connectivity index (χ3v) is 3.58. The first-order chi connectivity index (χ1) is 8.33. The van der Waals surface area contributed by atoms with Gasteiger partial charge in [0.15, 0.2) is 0 Å². The van der Waals surface area contributed by atoms with Crippen LogP contribution in [0, 0.1) is 11.7 Å². The van der Waals surface area contributed by atoms with Gasteiger partial charge in [-0.05, 0) is 31.9 Å². The summed E-state index contributed by atoms with van der Waals surface area (Å²) in [6, 6.07) is 4.35. The second-order valence-corrected chi connectivity index (χ2v) is 5.14. The summed E-state index contributed by atoms with van der Waals surface area (Å²) in [5.74, 6) is -0.986. The first-order valence-corrected chi connectivity index (χ1v) is 6.34. The van der Waals surface area contributed by atoms with Crippen molar-refractivity contribution < 1.29 is 13.9 Å². The lowest BCUT2D eigenvalue weighted by atomic mass is 9.73. The molecule has 0 spiro atoms. The van der Waals surface area contributed by atoms with E-state index in [1.54, 1.807) is 26.0 Å². The quantitative estimate of drug-likeness (QED) is 0.776. The van der Waals surface area contributed by atoms with Crippen molar-refractivity contribution in [2.24, 2.45) is 5.92 Å². The Morgan fingerprint density at radius 3 is 2.56 bits per heavy atom. The van der Waals surface area contributed by atoms with Crippen LogP contribution in [-0.4, -0.2) is 12.6 Å². The van der Waals surface area contributed by atoms with Crippen LogP contribution in [0.4, 0.5) is 4.39 Å². The van der Waals surface area contributed by atoms with Crippen LogP contribution < -0.4 is 0 Å². The predicted molar refractivity (Wildman–Crippen MR) is 70.2 cm³/mol. The van der Waals surface area contributed by atoms with Crippen LogP contribution in [0.25, 0.3) is 0 Å². The van der Waals surface area contributed by atoms with E-state index in [0.29, 0.717) is 10.6 Å². The Labute approximate surface area is 112 Å². The fourth-order valence-corrected chi connectivity index (χ4v) is 2.01. The third-order valence-electron chi connectivity index (χ3n) is 3.34. The van der Waals surface area contributed by atoms with Crippen molar-refractivity contribution in [2.75, 3.05) is 6.61 Å². The Kier molecular flexibility index (Phi) is 4.74. The average Bonchev–Trinajstić information content (AvgIpc) is 2.28. The maximum absolute atomic E-state index is 14.0. The maximum atomic E-state index is 14.0. The molecule has 1 rings (SSSR count). The fraction of sp³-hybridized carbons (Fsp3) is 0.500. The largest absolute Gasteiger partial charge is 0.465 e. The lowest BCUT2D eigenvalue weighted by Gasteiger charge is -2.32. The minimum absolute atomic E-state index is 0.0905. The molecule has 0 fully saturated rings. The molecule has 0 heterocycles. The number of hydrogen-bond donors (Lipinski definition) is 0. The van der Waals surface area contributed by atoms with Gasteiger partial charge in [0.2, 0.25) is 0 Å². The van der Waals surface area contributed by atoms with E-state index in [-0.39, 0.29) is 12.5 Å². The van der Waals surface area contributed by atoms with E-state index in [0.717, 1.165) is 0 Å². The minimum atomic E-state index is -1.01. The van der Waals surface area contributed by atoms with Crippen molar-refractivity contribution in [1.29, 1.82) is 0 Å². The maximum Gasteiger partial charge on any atom is 0.316 e. The molecular weight excluding hydrogens is 255 g/mol. The molecule has 1 atom stereocenters. The van der Waals surface area contributed by atoms with E-state index in [2.05, 4.69) is 0 Å². The van der Waals surface area contributed by atoms with Gasteiger partial charge in [-0.15, -0.1) is 0 Å². The van der Waals surface area contributed by atoms with Crippen molar-refractivity contribution in [2.45, 2.75) is 33.1 Å². The Morgan fingerprint density at radius 2 is 2.11 bits per heavy atom. The zero-order chi connectivity index (χ0) is 13.9. The van der Waals surface area contributed by atoms with Gasteiger partial charge in [-0.3, -0.25) is 4.79 Å². The van der Waals surface area contributed by atoms with E-state index in [9.17, 15) is 9.18 Å². The summed E-state index contributed by atoms with van der Waals surface area (Å²) in [5, 5.41) is 0.311. The number of carbonyl (C=O) groups excluding carboxylic acids is 1. The number of ether oxygens (including phenoxy) is 1. The summed E-state index contributed by atoms with van der Waals surface area (Å²) in [7, 11) is 0. The summed E-state index contributed by atoms with van der Waals surface area (Å²) in [6.45, 7) is 7.44. The molecule has 0 saturated heterocycles. The number of carbonyl (C=O) groups is 1. The second kappa shape index (κ2) is 5.70. The monoisotopic (exact) mass is 272 g/mol. The van der Waals surface area contributed by atoms with Crippen molar-refractivity contribution in [3.05, 3.63) is 34.6 Å². The highest BCUT2D eigenvalue weighted by molar-refractivity contribution is 6.30. The van der Waals surface area contributed by atoms with Crippen LogP contribution in [-0.2, 0) is 14.9 Å². The molecule has 1 aromatic carbocycles. The highest BCUT2D eigenvalue weighted by atomic mass is 35.5. The average molecular weight is 273 g/mol. The molecule has 4 heteroatoms. The van der Waals surface area contributed by atoms with Gasteiger partial charge in [-0.2, -0.15) is 0 Å². The van der Waals surface area contributed by atoms with Crippen molar-refractivity contribution in [3.63, 3.8) is 0 Å². The molecule has 100 valence electrons. The zero-order valence-electron chi connectivity index (χ0n) is 11.1. The molecule has 0 aliphatic rings. The Morgan fingerprint density at radius 1 is 1.50 bits per heavy atom. The summed E-state index contributed by atoms with van der Waals surface area (Å²) in [5.41, 5.74) is -0.689. The van der Waals surface area contributed by atoms with Crippen LogP contribution in [0.5, 0.6) is 0 Å². The summed E-state index contributed by atoms with van der Waals surface area (Å²) >= 11 is 5.73. The summed E-state index contributed by atoms with van der Waals surface area (Å²) in [4.78, 5) is 12.1. The van der Waals surface area contributed by atoms with Crippen LogP contribution in [0.1, 0.15) is 33.3 Å². The molecule has 0 N–H and O–H groups in total. The first kappa shape index (κ1) is 15.0. The number of rotatable bonds is 4. The van der Waals surface area contributed by atoms with E-state index in [1.807, 2.05) is 13.8 Å². The molecule has 0 saturated carbocycles. The molecule has 18 heavy (non-hydrogen) atoms. The lowest BCUT2D eigenvalue weighted by molar-refractivity contribution is -0.151. The minimum Gasteiger partial charge on any atom is -0.465 e. The highest BCUT2D eigenvalue weighted by Gasteiger charge is 2.41. The topological polar surface area (TPSA) is 26.3 Å². The summed E-state index contributed by atoms with van der Waals surface area (Å²) < 4.78 is 19.1. The van der Waals surface area contributed by atoms with Crippen molar-refractivity contribution >= 4 is 17.6 Å². The smallest absolute Gasteiger partial charge is 0.316 e. The SMILES string of the molecule is CCOC(=O)C(C)(c1ccc(Cl)cc1F)C(C)C. The Balaban J connectivity index is 3.31. The van der Waals surface area contributed by atoms with Crippen LogP contribution in [0.3, 0.4) is 0 Å². The lowest BCUT2D eigenvalue weighted by Crippen LogP contribution is -2.40. The van der Waals surface area contributed by atoms with E-state index < -0.39 is 17.2 Å². The zero-order valence-corrected chi connectivity index (χ0v) is 11.8. The van der Waals surface area contributed by atoms with Crippen LogP contribution in [0.2, 0.25) is 5.02 Å². The van der Waals surface area contributed by atoms with Gasteiger partial charge < -0.3 is 4.74 Å². The normalized spacial score (nSPS) is 14.4. The van der Waals surface area contributed by atoms with E-state index in [1.165, 1.54) is 6.07 Å². The number of halogens is 2.